The molecule has 1 rings (SSSR count). The van der Waals surface area contributed by atoms with E-state index in [1.807, 2.05) is 0 Å². The van der Waals surface area contributed by atoms with Gasteiger partial charge in [0.15, 0.2) is 0 Å². The van der Waals surface area contributed by atoms with Crippen LogP contribution in [0.3, 0.4) is 0 Å². The molecule has 0 amide bonds. The summed E-state index contributed by atoms with van der Waals surface area (Å²) in [5.74, 6) is 0. The van der Waals surface area contributed by atoms with Crippen LogP contribution in [0.15, 0.2) is 12.1 Å². The van der Waals surface area contributed by atoms with Gasteiger partial charge in [0.1, 0.15) is 0 Å². The summed E-state index contributed by atoms with van der Waals surface area (Å²) in [7, 11) is 0. The first-order valence-corrected chi connectivity index (χ1v) is 5.32. The molecule has 0 aliphatic rings. The van der Waals surface area contributed by atoms with E-state index < -0.39 is 0 Å². The van der Waals surface area contributed by atoms with Crippen LogP contribution < -0.4 is 16.8 Å². The number of nitrogens with two attached hydrogens (primary N) is 2. The molecular weight excluding hydrogens is 186 g/mol. The first kappa shape index (κ1) is 12.0. The van der Waals surface area contributed by atoms with E-state index in [1.54, 1.807) is 0 Å². The standard InChI is InChI=1S/C12H21N3/c1-8-4-10(3)12(5-9(8)2)15-7-11(14)6-13/h4-5,11,15H,6-7,13-14H2,1-3H3. The Labute approximate surface area is 91.9 Å². The zero-order valence-electron chi connectivity index (χ0n) is 9.80. The lowest BCUT2D eigenvalue weighted by Gasteiger charge is -2.15. The zero-order chi connectivity index (χ0) is 11.4. The topological polar surface area (TPSA) is 64.1 Å². The summed E-state index contributed by atoms with van der Waals surface area (Å²) in [5.41, 5.74) is 16.2. The summed E-state index contributed by atoms with van der Waals surface area (Å²) in [6.45, 7) is 7.57. The van der Waals surface area contributed by atoms with Gasteiger partial charge in [-0.25, -0.2) is 0 Å². The number of nitrogens with one attached hydrogen (secondary N) is 1. The monoisotopic (exact) mass is 207 g/mol. The van der Waals surface area contributed by atoms with E-state index in [9.17, 15) is 0 Å². The molecule has 0 saturated heterocycles. The Morgan fingerprint density at radius 1 is 1.13 bits per heavy atom. The van der Waals surface area contributed by atoms with E-state index >= 15 is 0 Å². The summed E-state index contributed by atoms with van der Waals surface area (Å²) in [5, 5.41) is 3.33. The van der Waals surface area contributed by atoms with Crippen molar-refractivity contribution in [2.75, 3.05) is 18.4 Å². The molecule has 0 fully saturated rings. The Hall–Kier alpha value is -1.06. The second kappa shape index (κ2) is 5.14. The molecule has 0 aromatic heterocycles. The van der Waals surface area contributed by atoms with Crippen LogP contribution in [-0.4, -0.2) is 19.1 Å². The van der Waals surface area contributed by atoms with Crippen molar-refractivity contribution in [1.82, 2.24) is 0 Å². The lowest BCUT2D eigenvalue weighted by molar-refractivity contribution is 0.713. The molecule has 1 aromatic carbocycles. The Bertz CT molecular complexity index is 334. The van der Waals surface area contributed by atoms with Crippen molar-refractivity contribution in [3.8, 4) is 0 Å². The predicted molar refractivity (Wildman–Crippen MR) is 66.2 cm³/mol. The largest absolute Gasteiger partial charge is 0.383 e. The van der Waals surface area contributed by atoms with E-state index in [1.165, 1.54) is 16.7 Å². The Kier molecular flexibility index (Phi) is 4.12. The highest BCUT2D eigenvalue weighted by Crippen LogP contribution is 2.19. The van der Waals surface area contributed by atoms with Crippen molar-refractivity contribution in [3.05, 3.63) is 28.8 Å². The van der Waals surface area contributed by atoms with Crippen LogP contribution in [0.5, 0.6) is 0 Å². The van der Waals surface area contributed by atoms with Crippen LogP contribution in [0.1, 0.15) is 16.7 Å². The zero-order valence-corrected chi connectivity index (χ0v) is 9.80. The third-order valence-corrected chi connectivity index (χ3v) is 2.70. The SMILES string of the molecule is Cc1cc(C)c(NCC(N)CN)cc1C. The smallest absolute Gasteiger partial charge is 0.0373 e. The van der Waals surface area contributed by atoms with Gasteiger partial charge in [0.25, 0.3) is 0 Å². The second-order valence-corrected chi connectivity index (χ2v) is 4.13. The molecule has 3 nitrogen and oxygen atoms in total. The Morgan fingerprint density at radius 2 is 1.73 bits per heavy atom. The molecule has 0 saturated carbocycles. The quantitative estimate of drug-likeness (QED) is 0.697. The molecule has 3 heteroatoms. The molecule has 1 atom stereocenters. The number of anilines is 1. The lowest BCUT2D eigenvalue weighted by Crippen LogP contribution is -2.36. The maximum Gasteiger partial charge on any atom is 0.0373 e. The van der Waals surface area contributed by atoms with Gasteiger partial charge in [0, 0.05) is 24.8 Å². The van der Waals surface area contributed by atoms with Crippen LogP contribution in [0, 0.1) is 20.8 Å². The highest BCUT2D eigenvalue weighted by molar-refractivity contribution is 5.54. The van der Waals surface area contributed by atoms with E-state index in [0.717, 1.165) is 12.2 Å². The highest BCUT2D eigenvalue weighted by atomic mass is 14.9. The molecule has 0 aliphatic carbocycles. The average molecular weight is 207 g/mol. The minimum atomic E-state index is 0.0195. The first-order valence-electron chi connectivity index (χ1n) is 5.32. The van der Waals surface area contributed by atoms with Crippen molar-refractivity contribution in [2.45, 2.75) is 26.8 Å². The van der Waals surface area contributed by atoms with Crippen molar-refractivity contribution < 1.29 is 0 Å². The maximum atomic E-state index is 5.75. The maximum absolute atomic E-state index is 5.75. The van der Waals surface area contributed by atoms with Crippen LogP contribution in [-0.2, 0) is 0 Å². The van der Waals surface area contributed by atoms with Crippen LogP contribution in [0.2, 0.25) is 0 Å². The number of hydrogen-bond acceptors (Lipinski definition) is 3. The fraction of sp³-hybridized carbons (Fsp3) is 0.500. The minimum absolute atomic E-state index is 0.0195. The van der Waals surface area contributed by atoms with Gasteiger partial charge in [-0.3, -0.25) is 0 Å². The van der Waals surface area contributed by atoms with Gasteiger partial charge in [-0.05, 0) is 43.5 Å². The Balaban J connectivity index is 2.73. The summed E-state index contributed by atoms with van der Waals surface area (Å²) < 4.78 is 0. The molecule has 0 spiro atoms. The molecule has 15 heavy (non-hydrogen) atoms. The van der Waals surface area contributed by atoms with E-state index in [-0.39, 0.29) is 6.04 Å². The van der Waals surface area contributed by atoms with Gasteiger partial charge < -0.3 is 16.8 Å². The molecule has 84 valence electrons. The lowest BCUT2D eigenvalue weighted by atomic mass is 10.0. The highest BCUT2D eigenvalue weighted by Gasteiger charge is 2.03. The summed E-state index contributed by atoms with van der Waals surface area (Å²) in [4.78, 5) is 0. The normalized spacial score (nSPS) is 12.6. The summed E-state index contributed by atoms with van der Waals surface area (Å²) in [6.07, 6.45) is 0. The van der Waals surface area contributed by atoms with E-state index in [2.05, 4.69) is 38.2 Å². The van der Waals surface area contributed by atoms with Crippen LogP contribution in [0.25, 0.3) is 0 Å². The van der Waals surface area contributed by atoms with E-state index in [0.29, 0.717) is 6.54 Å². The number of aryl methyl sites for hydroxylation is 3. The molecule has 5 N–H and O–H groups in total. The molecule has 1 aromatic rings. The van der Waals surface area contributed by atoms with Gasteiger partial charge in [0.2, 0.25) is 0 Å². The molecule has 0 aliphatic heterocycles. The van der Waals surface area contributed by atoms with Crippen LogP contribution >= 0.6 is 0 Å². The number of rotatable bonds is 4. The second-order valence-electron chi connectivity index (χ2n) is 4.13. The Morgan fingerprint density at radius 3 is 2.33 bits per heavy atom. The van der Waals surface area contributed by atoms with Crippen LogP contribution in [0.4, 0.5) is 5.69 Å². The van der Waals surface area contributed by atoms with Gasteiger partial charge in [0.05, 0.1) is 0 Å². The molecule has 1 unspecified atom stereocenters. The third kappa shape index (κ3) is 3.22. The summed E-state index contributed by atoms with van der Waals surface area (Å²) in [6, 6.07) is 4.37. The fourth-order valence-corrected chi connectivity index (χ4v) is 1.48. The first-order chi connectivity index (χ1) is 7.04. The summed E-state index contributed by atoms with van der Waals surface area (Å²) >= 11 is 0. The van der Waals surface area contributed by atoms with Crippen molar-refractivity contribution in [3.63, 3.8) is 0 Å². The minimum Gasteiger partial charge on any atom is -0.383 e. The fourth-order valence-electron chi connectivity index (χ4n) is 1.48. The molecule has 0 heterocycles. The van der Waals surface area contributed by atoms with Gasteiger partial charge in [-0.2, -0.15) is 0 Å². The van der Waals surface area contributed by atoms with Gasteiger partial charge in [-0.15, -0.1) is 0 Å². The van der Waals surface area contributed by atoms with Gasteiger partial charge >= 0.3 is 0 Å². The van der Waals surface area contributed by atoms with Crippen molar-refractivity contribution in [1.29, 1.82) is 0 Å². The molecule has 0 bridgehead atoms. The number of benzene rings is 1. The molecule has 0 radical (unpaired) electrons. The van der Waals surface area contributed by atoms with Crippen molar-refractivity contribution in [2.24, 2.45) is 11.5 Å². The average Bonchev–Trinajstić information content (AvgIpc) is 2.21. The van der Waals surface area contributed by atoms with Crippen molar-refractivity contribution >= 4 is 5.69 Å². The molecular formula is C12H21N3. The third-order valence-electron chi connectivity index (χ3n) is 2.70. The number of hydrogen-bond donors (Lipinski definition) is 3. The van der Waals surface area contributed by atoms with Gasteiger partial charge in [-0.1, -0.05) is 6.07 Å². The predicted octanol–water partition coefficient (Wildman–Crippen LogP) is 1.31. The van der Waals surface area contributed by atoms with E-state index in [4.69, 9.17) is 11.5 Å².